The lowest BCUT2D eigenvalue weighted by atomic mass is 10.1. The lowest BCUT2D eigenvalue weighted by Crippen LogP contribution is -2.12. The van der Waals surface area contributed by atoms with Crippen molar-refractivity contribution in [2.45, 2.75) is 11.9 Å². The molecule has 0 saturated heterocycles. The summed E-state index contributed by atoms with van der Waals surface area (Å²) in [6.45, 7) is 0.0943. The van der Waals surface area contributed by atoms with Gasteiger partial charge in [0.1, 0.15) is 0 Å². The predicted molar refractivity (Wildman–Crippen MR) is 105 cm³/mol. The number of carbonyl (C=O) groups is 1. The predicted octanol–water partition coefficient (Wildman–Crippen LogP) is 3.91. The second-order valence-corrected chi connectivity index (χ2v) is 6.77. The van der Waals surface area contributed by atoms with Crippen molar-refractivity contribution in [2.24, 2.45) is 5.73 Å². The molecule has 3 aromatic rings. The van der Waals surface area contributed by atoms with Gasteiger partial charge in [0.2, 0.25) is 17.6 Å². The molecule has 1 unspecified atom stereocenters. The van der Waals surface area contributed by atoms with E-state index in [2.05, 4.69) is 4.98 Å². The minimum absolute atomic E-state index is 0.0943. The number of hydrogen-bond donors (Lipinski definition) is 1. The number of ether oxygens (including phenoxy) is 1. The number of pyridine rings is 1. The fourth-order valence-electron chi connectivity index (χ4n) is 2.89. The van der Waals surface area contributed by atoms with Crippen LogP contribution in [0.4, 0.5) is 0 Å². The second-order valence-electron chi connectivity index (χ2n) is 6.08. The van der Waals surface area contributed by atoms with E-state index >= 15 is 0 Å². The Kier molecular flexibility index (Phi) is 5.09. The van der Waals surface area contributed by atoms with Crippen LogP contribution < -0.4 is 5.73 Å². The van der Waals surface area contributed by atoms with E-state index in [-0.39, 0.29) is 18.1 Å². The highest BCUT2D eigenvalue weighted by atomic mass is 32.2. The van der Waals surface area contributed by atoms with E-state index in [9.17, 15) is 4.79 Å². The molecule has 1 aromatic heterocycles. The number of Topliss-reactive ketones (excluding diaryl/α,β-unsaturated/α-hetero) is 1. The van der Waals surface area contributed by atoms with E-state index in [0.717, 1.165) is 16.5 Å². The van der Waals surface area contributed by atoms with Crippen molar-refractivity contribution in [3.8, 4) is 0 Å². The summed E-state index contributed by atoms with van der Waals surface area (Å²) in [6, 6.07) is 21.4. The Hall–Kier alpha value is -2.83. The van der Waals surface area contributed by atoms with Gasteiger partial charge in [0.05, 0.1) is 35.6 Å². The van der Waals surface area contributed by atoms with E-state index in [1.54, 1.807) is 6.07 Å². The maximum Gasteiger partial charge on any atom is 0.249 e. The second kappa shape index (κ2) is 7.82. The lowest BCUT2D eigenvalue weighted by Gasteiger charge is -2.10. The molecule has 0 fully saturated rings. The molecule has 4 rings (SSSR count). The Morgan fingerprint density at radius 2 is 1.81 bits per heavy atom. The van der Waals surface area contributed by atoms with Crippen molar-refractivity contribution < 1.29 is 13.7 Å². The van der Waals surface area contributed by atoms with Crippen LogP contribution in [0.15, 0.2) is 78.2 Å². The van der Waals surface area contributed by atoms with Gasteiger partial charge in [-0.05, 0) is 17.7 Å². The minimum Gasteiger partial charge on any atom is -0.475 e. The van der Waals surface area contributed by atoms with E-state index in [0.29, 0.717) is 17.2 Å². The van der Waals surface area contributed by atoms with E-state index in [4.69, 9.17) is 14.7 Å². The van der Waals surface area contributed by atoms with E-state index < -0.39 is 6.10 Å². The highest BCUT2D eigenvalue weighted by Crippen LogP contribution is 2.35. The maximum absolute atomic E-state index is 12.8. The van der Waals surface area contributed by atoms with Gasteiger partial charge in [-0.1, -0.05) is 54.6 Å². The Labute approximate surface area is 161 Å². The number of aromatic nitrogens is 1. The molecule has 6 heteroatoms. The molecule has 2 aromatic carbocycles. The van der Waals surface area contributed by atoms with Gasteiger partial charge in [0.25, 0.3) is 0 Å². The van der Waals surface area contributed by atoms with Crippen LogP contribution in [0.5, 0.6) is 0 Å². The average molecular weight is 378 g/mol. The molecule has 0 saturated carbocycles. The first-order chi connectivity index (χ1) is 13.3. The number of benzene rings is 2. The van der Waals surface area contributed by atoms with Crippen molar-refractivity contribution in [3.05, 3.63) is 89.5 Å². The molecule has 0 aliphatic carbocycles. The van der Waals surface area contributed by atoms with E-state index in [1.165, 1.54) is 12.0 Å². The third kappa shape index (κ3) is 3.67. The number of hydrogen-bond acceptors (Lipinski definition) is 6. The topological polar surface area (TPSA) is 74.4 Å². The molecule has 0 amide bonds. The zero-order valence-electron chi connectivity index (χ0n) is 14.5. The summed E-state index contributed by atoms with van der Waals surface area (Å²) >= 11 is 1.19. The number of nitrogens with zero attached hydrogens (tertiary/aromatic N) is 1. The highest BCUT2D eigenvalue weighted by molar-refractivity contribution is 7.94. The molecular formula is C21H18N2O3S. The highest BCUT2D eigenvalue weighted by Gasteiger charge is 2.38. The Bertz CT molecular complexity index is 1000. The first-order valence-corrected chi connectivity index (χ1v) is 9.50. The number of rotatable bonds is 6. The van der Waals surface area contributed by atoms with Crippen LogP contribution in [0.25, 0.3) is 10.9 Å². The van der Waals surface area contributed by atoms with Gasteiger partial charge in [-0.25, -0.2) is 4.98 Å². The number of carbonyl (C=O) groups excluding carboxylic acids is 1. The van der Waals surface area contributed by atoms with Crippen LogP contribution >= 0.6 is 12.0 Å². The van der Waals surface area contributed by atoms with Crippen LogP contribution in [0.3, 0.4) is 0 Å². The normalized spacial score (nSPS) is 16.6. The molecule has 1 aliphatic rings. The molecule has 136 valence electrons. The van der Waals surface area contributed by atoms with Gasteiger partial charge in [0.15, 0.2) is 5.76 Å². The third-order valence-corrected chi connectivity index (χ3v) is 5.00. The van der Waals surface area contributed by atoms with Crippen LogP contribution in [0.1, 0.15) is 17.4 Å². The summed E-state index contributed by atoms with van der Waals surface area (Å²) in [5.41, 5.74) is 8.23. The van der Waals surface area contributed by atoms with Crippen LogP contribution in [-0.2, 0) is 19.5 Å². The minimum atomic E-state index is -0.819. The van der Waals surface area contributed by atoms with Crippen LogP contribution in [-0.4, -0.2) is 17.3 Å². The van der Waals surface area contributed by atoms with Crippen molar-refractivity contribution in [2.75, 3.05) is 6.54 Å². The fraction of sp³-hybridized carbons (Fsp3) is 0.143. The first kappa shape index (κ1) is 17.6. The van der Waals surface area contributed by atoms with Gasteiger partial charge < -0.3 is 14.7 Å². The van der Waals surface area contributed by atoms with Crippen molar-refractivity contribution >= 4 is 28.7 Å². The van der Waals surface area contributed by atoms with Crippen molar-refractivity contribution in [1.82, 2.24) is 4.98 Å². The number of nitrogens with two attached hydrogens (primary N) is 1. The largest absolute Gasteiger partial charge is 0.475 e. The number of para-hydroxylation sites is 1. The van der Waals surface area contributed by atoms with Gasteiger partial charge >= 0.3 is 0 Å². The summed E-state index contributed by atoms with van der Waals surface area (Å²) in [7, 11) is 0. The third-order valence-electron chi connectivity index (χ3n) is 4.26. The van der Waals surface area contributed by atoms with Gasteiger partial charge in [0, 0.05) is 5.39 Å². The molecule has 5 nitrogen and oxygen atoms in total. The molecule has 2 N–H and O–H groups in total. The zero-order valence-corrected chi connectivity index (χ0v) is 15.3. The molecular weight excluding hydrogens is 360 g/mol. The lowest BCUT2D eigenvalue weighted by molar-refractivity contribution is -0.123. The first-order valence-electron chi connectivity index (χ1n) is 8.59. The standard InChI is InChI=1S/C21H18N2O3S/c22-12-18-21(26-27-13-14-6-2-1-3-7-14)19(24)20(25-18)17-11-10-15-8-4-5-9-16(15)23-17/h1-11,20H,12-13,22H2. The summed E-state index contributed by atoms with van der Waals surface area (Å²) in [4.78, 5) is 17.4. The van der Waals surface area contributed by atoms with E-state index in [1.807, 2.05) is 60.7 Å². The molecule has 1 aliphatic heterocycles. The monoisotopic (exact) mass is 378 g/mol. The van der Waals surface area contributed by atoms with Crippen LogP contribution in [0.2, 0.25) is 0 Å². The molecule has 2 heterocycles. The molecule has 1 atom stereocenters. The zero-order chi connectivity index (χ0) is 18.6. The molecule has 0 radical (unpaired) electrons. The SMILES string of the molecule is NCC1=C(OSCc2ccccc2)C(=O)C(c2ccc3ccccc3n2)O1. The summed E-state index contributed by atoms with van der Waals surface area (Å²) < 4.78 is 11.5. The molecule has 0 spiro atoms. The van der Waals surface area contributed by atoms with Gasteiger partial charge in [-0.2, -0.15) is 0 Å². The average Bonchev–Trinajstić information content (AvgIpc) is 3.04. The summed E-state index contributed by atoms with van der Waals surface area (Å²) in [5, 5.41) is 1.01. The maximum atomic E-state index is 12.8. The Morgan fingerprint density at radius 1 is 1.04 bits per heavy atom. The molecule has 27 heavy (non-hydrogen) atoms. The summed E-state index contributed by atoms with van der Waals surface area (Å²) in [5.74, 6) is 0.909. The number of ketones is 1. The van der Waals surface area contributed by atoms with Crippen molar-refractivity contribution in [3.63, 3.8) is 0 Å². The number of fused-ring (bicyclic) bond motifs is 1. The quantitative estimate of drug-likeness (QED) is 0.656. The Morgan fingerprint density at radius 3 is 2.63 bits per heavy atom. The van der Waals surface area contributed by atoms with Crippen LogP contribution in [0, 0.1) is 0 Å². The summed E-state index contributed by atoms with van der Waals surface area (Å²) in [6.07, 6.45) is -0.819. The Balaban J connectivity index is 1.49. The van der Waals surface area contributed by atoms with Gasteiger partial charge in [-0.3, -0.25) is 4.79 Å². The molecule has 0 bridgehead atoms. The fourth-order valence-corrected chi connectivity index (χ4v) is 3.57. The van der Waals surface area contributed by atoms with Crippen molar-refractivity contribution in [1.29, 1.82) is 0 Å². The smallest absolute Gasteiger partial charge is 0.249 e. The van der Waals surface area contributed by atoms with Gasteiger partial charge in [-0.15, -0.1) is 0 Å².